The van der Waals surface area contributed by atoms with Gasteiger partial charge in [0.2, 0.25) is 0 Å². The number of hydrogen-bond donors (Lipinski definition) is 0. The van der Waals surface area contributed by atoms with Gasteiger partial charge in [0.1, 0.15) is 5.60 Å². The van der Waals surface area contributed by atoms with Crippen LogP contribution in [0.4, 0.5) is 4.79 Å². The van der Waals surface area contributed by atoms with Crippen molar-refractivity contribution in [1.29, 1.82) is 0 Å². The van der Waals surface area contributed by atoms with Gasteiger partial charge in [-0.25, -0.2) is 4.79 Å². The first-order valence-electron chi connectivity index (χ1n) is 8.28. The van der Waals surface area contributed by atoms with E-state index in [9.17, 15) is 4.79 Å². The lowest BCUT2D eigenvalue weighted by atomic mass is 10.0. The minimum absolute atomic E-state index is 0.195. The van der Waals surface area contributed by atoms with Crippen LogP contribution in [-0.2, 0) is 16.1 Å². The van der Waals surface area contributed by atoms with Crippen molar-refractivity contribution in [2.24, 2.45) is 0 Å². The minimum atomic E-state index is -0.457. The Morgan fingerprint density at radius 1 is 1.35 bits per heavy atom. The second-order valence-corrected chi connectivity index (χ2v) is 6.86. The lowest BCUT2D eigenvalue weighted by Crippen LogP contribution is -2.46. The smallest absolute Gasteiger partial charge is 0.410 e. The number of ether oxygens (including phenoxy) is 2. The molecule has 1 saturated heterocycles. The van der Waals surface area contributed by atoms with Crippen LogP contribution in [-0.4, -0.2) is 45.8 Å². The second kappa shape index (κ2) is 8.24. The monoisotopic (exact) mass is 321 g/mol. The van der Waals surface area contributed by atoms with E-state index in [0.717, 1.165) is 37.9 Å². The van der Waals surface area contributed by atoms with Gasteiger partial charge in [0.15, 0.2) is 0 Å². The van der Waals surface area contributed by atoms with Crippen LogP contribution in [0.25, 0.3) is 0 Å². The van der Waals surface area contributed by atoms with E-state index in [1.165, 1.54) is 0 Å². The summed E-state index contributed by atoms with van der Waals surface area (Å²) in [6.07, 6.45) is 8.80. The van der Waals surface area contributed by atoms with Gasteiger partial charge in [-0.15, -0.1) is 0 Å². The highest BCUT2D eigenvalue weighted by Gasteiger charge is 2.30. The number of aromatic nitrogens is 2. The van der Waals surface area contributed by atoms with Crippen molar-refractivity contribution in [2.45, 2.75) is 64.7 Å². The zero-order chi connectivity index (χ0) is 16.7. The molecular formula is C17H27N3O3. The summed E-state index contributed by atoms with van der Waals surface area (Å²) in [5.41, 5.74) is 0.363. The number of carbonyl (C=O) groups is 1. The highest BCUT2D eigenvalue weighted by molar-refractivity contribution is 5.68. The Morgan fingerprint density at radius 3 is 2.87 bits per heavy atom. The van der Waals surface area contributed by atoms with Gasteiger partial charge in [0.25, 0.3) is 0 Å². The summed E-state index contributed by atoms with van der Waals surface area (Å²) in [5.74, 6) is 0. The Bertz CT molecular complexity index is 488. The number of carbonyl (C=O) groups excluding carboxylic acids is 1. The summed E-state index contributed by atoms with van der Waals surface area (Å²) in [4.78, 5) is 22.4. The van der Waals surface area contributed by atoms with E-state index in [-0.39, 0.29) is 12.1 Å². The molecule has 0 aliphatic carbocycles. The SMILES string of the molecule is CC(C)(C)OC(=O)N1CCCCC1CCOCc1cnccn1. The first-order chi connectivity index (χ1) is 11.0. The summed E-state index contributed by atoms with van der Waals surface area (Å²) < 4.78 is 11.2. The van der Waals surface area contributed by atoms with Gasteiger partial charge in [-0.05, 0) is 46.5 Å². The van der Waals surface area contributed by atoms with Crippen LogP contribution in [0, 0.1) is 0 Å². The molecule has 2 heterocycles. The molecule has 0 bridgehead atoms. The van der Waals surface area contributed by atoms with Gasteiger partial charge in [-0.1, -0.05) is 0 Å². The van der Waals surface area contributed by atoms with E-state index in [0.29, 0.717) is 13.2 Å². The Hall–Kier alpha value is -1.69. The molecule has 23 heavy (non-hydrogen) atoms. The molecule has 1 unspecified atom stereocenters. The molecule has 1 amide bonds. The lowest BCUT2D eigenvalue weighted by molar-refractivity contribution is 0.00367. The Kier molecular flexibility index (Phi) is 6.33. The zero-order valence-electron chi connectivity index (χ0n) is 14.3. The van der Waals surface area contributed by atoms with Crippen molar-refractivity contribution in [1.82, 2.24) is 14.9 Å². The van der Waals surface area contributed by atoms with Crippen molar-refractivity contribution in [2.75, 3.05) is 13.2 Å². The number of rotatable bonds is 5. The highest BCUT2D eigenvalue weighted by atomic mass is 16.6. The average Bonchev–Trinajstić information content (AvgIpc) is 2.51. The predicted molar refractivity (Wildman–Crippen MR) is 86.9 cm³/mol. The molecule has 1 aliphatic heterocycles. The maximum Gasteiger partial charge on any atom is 0.410 e. The fourth-order valence-electron chi connectivity index (χ4n) is 2.66. The van der Waals surface area contributed by atoms with Gasteiger partial charge >= 0.3 is 6.09 Å². The largest absolute Gasteiger partial charge is 0.444 e. The van der Waals surface area contributed by atoms with E-state index in [1.54, 1.807) is 18.6 Å². The van der Waals surface area contributed by atoms with Crippen molar-refractivity contribution < 1.29 is 14.3 Å². The molecular weight excluding hydrogens is 294 g/mol. The van der Waals surface area contributed by atoms with Crippen LogP contribution in [0.15, 0.2) is 18.6 Å². The van der Waals surface area contributed by atoms with Crippen LogP contribution in [0.1, 0.15) is 52.1 Å². The van der Waals surface area contributed by atoms with E-state index in [2.05, 4.69) is 9.97 Å². The fourth-order valence-corrected chi connectivity index (χ4v) is 2.66. The minimum Gasteiger partial charge on any atom is -0.444 e. The summed E-state index contributed by atoms with van der Waals surface area (Å²) in [5, 5.41) is 0. The number of piperidine rings is 1. The summed E-state index contributed by atoms with van der Waals surface area (Å²) in [6.45, 7) is 7.51. The second-order valence-electron chi connectivity index (χ2n) is 6.86. The standard InChI is InChI=1S/C17H27N3O3/c1-17(2,3)23-16(21)20-10-5-4-6-15(20)7-11-22-13-14-12-18-8-9-19-14/h8-9,12,15H,4-7,10-11,13H2,1-3H3. The van der Waals surface area contributed by atoms with E-state index >= 15 is 0 Å². The third-order valence-corrected chi connectivity index (χ3v) is 3.72. The van der Waals surface area contributed by atoms with Crippen molar-refractivity contribution in [3.05, 3.63) is 24.3 Å². The number of hydrogen-bond acceptors (Lipinski definition) is 5. The highest BCUT2D eigenvalue weighted by Crippen LogP contribution is 2.22. The van der Waals surface area contributed by atoms with Crippen LogP contribution in [0.5, 0.6) is 0 Å². The van der Waals surface area contributed by atoms with Crippen LogP contribution in [0.3, 0.4) is 0 Å². The molecule has 1 aromatic rings. The molecule has 0 spiro atoms. The Balaban J connectivity index is 1.78. The molecule has 0 radical (unpaired) electrons. The summed E-state index contributed by atoms with van der Waals surface area (Å²) >= 11 is 0. The van der Waals surface area contributed by atoms with E-state index < -0.39 is 5.60 Å². The van der Waals surface area contributed by atoms with Crippen LogP contribution < -0.4 is 0 Å². The fraction of sp³-hybridized carbons (Fsp3) is 0.706. The van der Waals surface area contributed by atoms with Crippen LogP contribution in [0.2, 0.25) is 0 Å². The number of likely N-dealkylation sites (tertiary alicyclic amines) is 1. The maximum atomic E-state index is 12.3. The normalized spacial score (nSPS) is 18.7. The van der Waals surface area contributed by atoms with Crippen molar-refractivity contribution in [3.8, 4) is 0 Å². The zero-order valence-corrected chi connectivity index (χ0v) is 14.3. The average molecular weight is 321 g/mol. The first kappa shape index (κ1) is 17.7. The first-order valence-corrected chi connectivity index (χ1v) is 8.28. The quantitative estimate of drug-likeness (QED) is 0.779. The molecule has 0 saturated carbocycles. The third-order valence-electron chi connectivity index (χ3n) is 3.72. The maximum absolute atomic E-state index is 12.3. The third kappa shape index (κ3) is 6.14. The topological polar surface area (TPSA) is 64.5 Å². The van der Waals surface area contributed by atoms with Crippen molar-refractivity contribution in [3.63, 3.8) is 0 Å². The molecule has 128 valence electrons. The van der Waals surface area contributed by atoms with Gasteiger partial charge in [0.05, 0.1) is 18.5 Å². The Labute approximate surface area is 138 Å². The molecule has 1 fully saturated rings. The molecule has 0 N–H and O–H groups in total. The lowest BCUT2D eigenvalue weighted by Gasteiger charge is -2.36. The molecule has 1 atom stereocenters. The molecule has 6 nitrogen and oxygen atoms in total. The van der Waals surface area contributed by atoms with Crippen LogP contribution >= 0.6 is 0 Å². The Morgan fingerprint density at radius 2 is 2.17 bits per heavy atom. The predicted octanol–water partition coefficient (Wildman–Crippen LogP) is 3.17. The van der Waals surface area contributed by atoms with Crippen molar-refractivity contribution >= 4 is 6.09 Å². The summed E-state index contributed by atoms with van der Waals surface area (Å²) in [7, 11) is 0. The molecule has 6 heteroatoms. The number of amides is 1. The van der Waals surface area contributed by atoms with Gasteiger partial charge in [-0.3, -0.25) is 9.97 Å². The number of nitrogens with zero attached hydrogens (tertiary/aromatic N) is 3. The molecule has 1 aromatic heterocycles. The molecule has 2 rings (SSSR count). The molecule has 0 aromatic carbocycles. The van der Waals surface area contributed by atoms with E-state index in [4.69, 9.17) is 9.47 Å². The van der Waals surface area contributed by atoms with E-state index in [1.807, 2.05) is 25.7 Å². The molecule has 1 aliphatic rings. The van der Waals surface area contributed by atoms with Gasteiger partial charge < -0.3 is 14.4 Å². The van der Waals surface area contributed by atoms with Gasteiger partial charge in [0, 0.05) is 31.6 Å². The summed E-state index contributed by atoms with van der Waals surface area (Å²) in [6, 6.07) is 0.195. The van der Waals surface area contributed by atoms with Gasteiger partial charge in [-0.2, -0.15) is 0 Å².